The first-order chi connectivity index (χ1) is 20.3. The second-order valence-corrected chi connectivity index (χ2v) is 10.8. The number of halogens is 2. The lowest BCUT2D eigenvalue weighted by Crippen LogP contribution is -2.20. The number of nitro benzene ring substituents is 1. The lowest BCUT2D eigenvalue weighted by Gasteiger charge is -2.10. The van der Waals surface area contributed by atoms with Gasteiger partial charge in [-0.15, -0.1) is 0 Å². The molecule has 9 nitrogen and oxygen atoms in total. The molecule has 0 saturated carbocycles. The third-order valence-electron chi connectivity index (χ3n) is 6.48. The second kappa shape index (κ2) is 11.2. The Morgan fingerprint density at radius 2 is 1.93 bits per heavy atom. The van der Waals surface area contributed by atoms with Gasteiger partial charge in [0.05, 0.1) is 27.1 Å². The van der Waals surface area contributed by atoms with E-state index in [1.807, 2.05) is 43.3 Å². The minimum Gasteiger partial charge on any atom is -0.481 e. The second-order valence-electron chi connectivity index (χ2n) is 9.49. The van der Waals surface area contributed by atoms with E-state index in [2.05, 4.69) is 26.0 Å². The van der Waals surface area contributed by atoms with Crippen molar-refractivity contribution in [1.82, 2.24) is 9.66 Å². The fraction of sp³-hybridized carbons (Fsp3) is 0.0645. The molecule has 6 aromatic rings. The number of rotatable bonds is 7. The number of aryl methyl sites for hydroxylation is 1. The van der Waals surface area contributed by atoms with Crippen LogP contribution >= 0.6 is 27.5 Å². The van der Waals surface area contributed by atoms with Gasteiger partial charge in [-0.25, -0.2) is 4.98 Å². The van der Waals surface area contributed by atoms with Crippen LogP contribution in [0.25, 0.3) is 33.5 Å². The van der Waals surface area contributed by atoms with E-state index in [-0.39, 0.29) is 34.5 Å². The molecule has 0 amide bonds. The van der Waals surface area contributed by atoms with Gasteiger partial charge >= 0.3 is 5.69 Å². The molecule has 2 heterocycles. The largest absolute Gasteiger partial charge is 0.481 e. The summed E-state index contributed by atoms with van der Waals surface area (Å²) < 4.78 is 13.8. The normalized spacial score (nSPS) is 11.5. The van der Waals surface area contributed by atoms with Crippen LogP contribution in [0.15, 0.2) is 104 Å². The fourth-order valence-corrected chi connectivity index (χ4v) is 5.21. The summed E-state index contributed by atoms with van der Waals surface area (Å²) in [7, 11) is 0. The topological polar surface area (TPSA) is 113 Å². The Balaban J connectivity index is 1.42. The highest BCUT2D eigenvalue weighted by Crippen LogP contribution is 2.36. The zero-order valence-corrected chi connectivity index (χ0v) is 24.3. The van der Waals surface area contributed by atoms with Gasteiger partial charge in [0.1, 0.15) is 12.2 Å². The average molecular weight is 644 g/mol. The van der Waals surface area contributed by atoms with E-state index in [1.54, 1.807) is 36.4 Å². The SMILES string of the molecule is Cc1cccc(COc2c(Cl)cc(C=Nn3c(-c4cc5cc(Br)ccc5o4)nc4ccccc4c3=O)cc2[N+](=O)[O-])c1. The zero-order valence-electron chi connectivity index (χ0n) is 22.0. The zero-order chi connectivity index (χ0) is 29.4. The molecule has 6 rings (SSSR count). The molecule has 0 spiro atoms. The highest BCUT2D eigenvalue weighted by molar-refractivity contribution is 9.10. The molecule has 0 aliphatic rings. The maximum Gasteiger partial charge on any atom is 0.313 e. The van der Waals surface area contributed by atoms with E-state index in [0.29, 0.717) is 22.2 Å². The van der Waals surface area contributed by atoms with Gasteiger partial charge in [-0.2, -0.15) is 9.78 Å². The highest BCUT2D eigenvalue weighted by Gasteiger charge is 2.21. The summed E-state index contributed by atoms with van der Waals surface area (Å²) >= 11 is 9.92. The van der Waals surface area contributed by atoms with Gasteiger partial charge in [-0.05, 0) is 55.0 Å². The molecular formula is C31H20BrClN4O5. The molecule has 42 heavy (non-hydrogen) atoms. The first-order valence-corrected chi connectivity index (χ1v) is 13.9. The van der Waals surface area contributed by atoms with Gasteiger partial charge in [0.25, 0.3) is 5.56 Å². The molecular weight excluding hydrogens is 624 g/mol. The molecule has 0 saturated heterocycles. The van der Waals surface area contributed by atoms with Crippen LogP contribution in [0.2, 0.25) is 5.02 Å². The molecule has 0 bridgehead atoms. The highest BCUT2D eigenvalue weighted by atomic mass is 79.9. The van der Waals surface area contributed by atoms with Gasteiger partial charge < -0.3 is 9.15 Å². The van der Waals surface area contributed by atoms with E-state index in [0.717, 1.165) is 25.7 Å². The Morgan fingerprint density at radius 3 is 2.74 bits per heavy atom. The van der Waals surface area contributed by atoms with Crippen molar-refractivity contribution in [1.29, 1.82) is 0 Å². The van der Waals surface area contributed by atoms with Crippen molar-refractivity contribution >= 4 is 61.3 Å². The van der Waals surface area contributed by atoms with E-state index in [4.69, 9.17) is 20.8 Å². The summed E-state index contributed by atoms with van der Waals surface area (Å²) in [6.07, 6.45) is 1.31. The molecule has 11 heteroatoms. The van der Waals surface area contributed by atoms with E-state index in [9.17, 15) is 14.9 Å². The van der Waals surface area contributed by atoms with Crippen molar-refractivity contribution in [3.63, 3.8) is 0 Å². The van der Waals surface area contributed by atoms with Gasteiger partial charge in [0.2, 0.25) is 11.6 Å². The quantitative estimate of drug-likeness (QED) is 0.0993. The summed E-state index contributed by atoms with van der Waals surface area (Å²) in [6, 6.07) is 24.6. The Labute approximate surface area is 251 Å². The van der Waals surface area contributed by atoms with E-state index < -0.39 is 10.5 Å². The van der Waals surface area contributed by atoms with Crippen molar-refractivity contribution in [2.45, 2.75) is 13.5 Å². The summed E-state index contributed by atoms with van der Waals surface area (Å²) in [6.45, 7) is 2.05. The molecule has 0 radical (unpaired) electrons. The smallest absolute Gasteiger partial charge is 0.313 e. The van der Waals surface area contributed by atoms with Crippen LogP contribution in [0.5, 0.6) is 5.75 Å². The van der Waals surface area contributed by atoms with Crippen molar-refractivity contribution in [3.8, 4) is 17.3 Å². The van der Waals surface area contributed by atoms with Crippen molar-refractivity contribution in [2.75, 3.05) is 0 Å². The van der Waals surface area contributed by atoms with Gasteiger partial charge in [0.15, 0.2) is 5.76 Å². The van der Waals surface area contributed by atoms with Crippen molar-refractivity contribution in [2.24, 2.45) is 5.10 Å². The van der Waals surface area contributed by atoms with E-state index >= 15 is 0 Å². The molecule has 4 aromatic carbocycles. The Hall–Kier alpha value is -4.80. The summed E-state index contributed by atoms with van der Waals surface area (Å²) in [4.78, 5) is 29.6. The maximum atomic E-state index is 13.6. The van der Waals surface area contributed by atoms with Crippen molar-refractivity contribution in [3.05, 3.63) is 132 Å². The summed E-state index contributed by atoms with van der Waals surface area (Å²) in [5, 5.41) is 17.5. The monoisotopic (exact) mass is 642 g/mol. The molecule has 0 unspecified atom stereocenters. The van der Waals surface area contributed by atoms with Crippen LogP contribution in [0, 0.1) is 17.0 Å². The fourth-order valence-electron chi connectivity index (χ4n) is 4.55. The molecule has 0 fully saturated rings. The Kier molecular flexibility index (Phi) is 7.32. The number of hydrogen-bond donors (Lipinski definition) is 0. The predicted molar refractivity (Wildman–Crippen MR) is 166 cm³/mol. The third-order valence-corrected chi connectivity index (χ3v) is 7.26. The van der Waals surface area contributed by atoms with Crippen LogP contribution in [-0.4, -0.2) is 20.8 Å². The van der Waals surface area contributed by atoms with Gasteiger partial charge in [0, 0.05) is 21.5 Å². The number of benzene rings is 4. The number of hydrogen-bond acceptors (Lipinski definition) is 7. The molecule has 0 aliphatic heterocycles. The lowest BCUT2D eigenvalue weighted by molar-refractivity contribution is -0.385. The number of fused-ring (bicyclic) bond motifs is 2. The van der Waals surface area contributed by atoms with Crippen LogP contribution in [-0.2, 0) is 6.61 Å². The summed E-state index contributed by atoms with van der Waals surface area (Å²) in [5.41, 5.74) is 2.48. The van der Waals surface area contributed by atoms with Crippen molar-refractivity contribution < 1.29 is 14.1 Å². The number of aromatic nitrogens is 2. The average Bonchev–Trinajstić information content (AvgIpc) is 3.39. The number of para-hydroxylation sites is 1. The van der Waals surface area contributed by atoms with E-state index in [1.165, 1.54) is 18.3 Å². The molecule has 2 aromatic heterocycles. The standard InChI is InChI=1S/C31H20BrClN4O5/c1-18-5-4-6-19(11-18)17-41-29-24(33)12-20(13-26(29)37(39)40)16-34-36-30(35-25-8-3-2-7-23(25)31(36)38)28-15-21-14-22(32)9-10-27(21)42-28/h2-16H,17H2,1H3. The van der Waals surface area contributed by atoms with Crippen LogP contribution in [0.3, 0.4) is 0 Å². The van der Waals surface area contributed by atoms with Crippen LogP contribution in [0.4, 0.5) is 5.69 Å². The number of furan rings is 1. The minimum atomic E-state index is -0.573. The molecule has 0 atom stereocenters. The van der Waals surface area contributed by atoms with Crippen LogP contribution < -0.4 is 10.3 Å². The van der Waals surface area contributed by atoms with Crippen LogP contribution in [0.1, 0.15) is 16.7 Å². The minimum absolute atomic E-state index is 0.0328. The third kappa shape index (κ3) is 5.41. The number of nitrogens with zero attached hydrogens (tertiary/aromatic N) is 4. The molecule has 0 N–H and O–H groups in total. The van der Waals surface area contributed by atoms with Gasteiger partial charge in [-0.3, -0.25) is 14.9 Å². The predicted octanol–water partition coefficient (Wildman–Crippen LogP) is 7.90. The molecule has 208 valence electrons. The Bertz CT molecular complexity index is 2100. The molecule has 0 aliphatic carbocycles. The number of nitro groups is 1. The maximum absolute atomic E-state index is 13.6. The first kappa shape index (κ1) is 27.4. The Morgan fingerprint density at radius 1 is 1.10 bits per heavy atom. The van der Waals surface area contributed by atoms with Gasteiger partial charge in [-0.1, -0.05) is 69.5 Å². The lowest BCUT2D eigenvalue weighted by atomic mass is 10.1. The first-order valence-electron chi connectivity index (χ1n) is 12.7. The summed E-state index contributed by atoms with van der Waals surface area (Å²) in [5.74, 6) is 0.437. The number of ether oxygens (including phenoxy) is 1.